The van der Waals surface area contributed by atoms with E-state index in [9.17, 15) is 18.1 Å². The molecule has 0 aliphatic carbocycles. The Hall–Kier alpha value is -0.130. The molecule has 2 unspecified atom stereocenters. The summed E-state index contributed by atoms with van der Waals surface area (Å²) in [5.41, 5.74) is 0. The van der Waals surface area contributed by atoms with E-state index in [1.54, 1.807) is 0 Å². The van der Waals surface area contributed by atoms with E-state index in [2.05, 4.69) is 6.92 Å². The highest BCUT2D eigenvalue weighted by Crippen LogP contribution is 2.19. The maximum Gasteiger partial charge on any atom is 0.267 e. The molecule has 0 aromatic rings. The second kappa shape index (κ2) is 19.8. The van der Waals surface area contributed by atoms with E-state index in [-0.39, 0.29) is 6.10 Å². The molecule has 0 fully saturated rings. The van der Waals surface area contributed by atoms with E-state index in [1.165, 1.54) is 70.6 Å². The molecule has 0 amide bonds. The van der Waals surface area contributed by atoms with Gasteiger partial charge >= 0.3 is 0 Å². The van der Waals surface area contributed by atoms with Gasteiger partial charge in [-0.15, -0.1) is 0 Å². The predicted molar refractivity (Wildman–Crippen MR) is 125 cm³/mol. The lowest BCUT2D eigenvalue weighted by Gasteiger charge is -2.13. The fraction of sp³-hybridized carbons (Fsp3) is 1.00. The lowest BCUT2D eigenvalue weighted by Crippen LogP contribution is -2.20. The van der Waals surface area contributed by atoms with Gasteiger partial charge in [-0.05, 0) is 26.2 Å². The fourth-order valence-corrected chi connectivity index (χ4v) is 4.93. The van der Waals surface area contributed by atoms with Crippen LogP contribution in [0.4, 0.5) is 0 Å². The van der Waals surface area contributed by atoms with Crippen molar-refractivity contribution in [2.75, 3.05) is 0 Å². The third-order valence-electron chi connectivity index (χ3n) is 5.95. The molecule has 5 heteroatoms. The molecule has 0 heterocycles. The molecule has 2 N–H and O–H groups in total. The average molecular weight is 435 g/mol. The number of hydrogen-bond acceptors (Lipinski definition) is 3. The first-order chi connectivity index (χ1) is 13.9. The van der Waals surface area contributed by atoms with Gasteiger partial charge in [-0.3, -0.25) is 4.55 Å². The molecule has 2 atom stereocenters. The van der Waals surface area contributed by atoms with Crippen LogP contribution in [0.3, 0.4) is 0 Å². The summed E-state index contributed by atoms with van der Waals surface area (Å²) in [5, 5.41) is 8.66. The minimum absolute atomic E-state index is 0.140. The van der Waals surface area contributed by atoms with Crippen molar-refractivity contribution in [2.45, 2.75) is 154 Å². The third-order valence-corrected chi connectivity index (χ3v) is 7.26. The highest BCUT2D eigenvalue weighted by atomic mass is 32.2. The molecule has 4 nitrogen and oxygen atoms in total. The Bertz CT molecular complexity index is 434. The van der Waals surface area contributed by atoms with Crippen molar-refractivity contribution in [1.82, 2.24) is 0 Å². The van der Waals surface area contributed by atoms with Crippen molar-refractivity contribution in [3.8, 4) is 0 Å². The van der Waals surface area contributed by atoms with E-state index in [0.717, 1.165) is 44.9 Å². The van der Waals surface area contributed by atoms with E-state index >= 15 is 0 Å². The van der Waals surface area contributed by atoms with Crippen LogP contribution in [-0.4, -0.2) is 29.4 Å². The molecule has 29 heavy (non-hydrogen) atoms. The van der Waals surface area contributed by atoms with Gasteiger partial charge in [0.25, 0.3) is 10.1 Å². The quantitative estimate of drug-likeness (QED) is 0.137. The van der Waals surface area contributed by atoms with Crippen molar-refractivity contribution in [1.29, 1.82) is 0 Å². The van der Waals surface area contributed by atoms with Crippen LogP contribution >= 0.6 is 0 Å². The molecule has 0 aromatic carbocycles. The van der Waals surface area contributed by atoms with Crippen molar-refractivity contribution in [3.63, 3.8) is 0 Å². The van der Waals surface area contributed by atoms with Crippen LogP contribution in [0.15, 0.2) is 0 Å². The molecule has 0 saturated heterocycles. The number of unbranched alkanes of at least 4 members (excludes halogenated alkanes) is 15. The smallest absolute Gasteiger partial charge is 0.267 e. The molecule has 0 aliphatic rings. The van der Waals surface area contributed by atoms with Crippen LogP contribution in [0.25, 0.3) is 0 Å². The van der Waals surface area contributed by atoms with Crippen LogP contribution in [0, 0.1) is 0 Å². The first kappa shape index (κ1) is 28.9. The van der Waals surface area contributed by atoms with Crippen LogP contribution < -0.4 is 0 Å². The van der Waals surface area contributed by atoms with Gasteiger partial charge in [0.15, 0.2) is 0 Å². The molecule has 0 radical (unpaired) electrons. The van der Waals surface area contributed by atoms with Crippen LogP contribution in [0.1, 0.15) is 142 Å². The van der Waals surface area contributed by atoms with Crippen LogP contribution in [0.5, 0.6) is 0 Å². The highest BCUT2D eigenvalue weighted by molar-refractivity contribution is 7.86. The normalized spacial score (nSPS) is 14.2. The second-order valence-electron chi connectivity index (χ2n) is 9.01. The molecule has 0 aliphatic heterocycles. The second-order valence-corrected chi connectivity index (χ2v) is 10.7. The van der Waals surface area contributed by atoms with Crippen LogP contribution in [0.2, 0.25) is 0 Å². The summed E-state index contributed by atoms with van der Waals surface area (Å²) in [6.07, 6.45) is 22.5. The largest absolute Gasteiger partial charge is 0.393 e. The topological polar surface area (TPSA) is 74.6 Å². The SMILES string of the molecule is CCCCCC(CCCCCCCCCCCCCCCCC(C)O)S(=O)(=O)O. The summed E-state index contributed by atoms with van der Waals surface area (Å²) in [5.74, 6) is 0. The summed E-state index contributed by atoms with van der Waals surface area (Å²) in [7, 11) is -3.88. The monoisotopic (exact) mass is 434 g/mol. The Kier molecular flexibility index (Phi) is 19.7. The molecule has 176 valence electrons. The maximum atomic E-state index is 11.5. The first-order valence-corrected chi connectivity index (χ1v) is 14.0. The lowest BCUT2D eigenvalue weighted by molar-refractivity contribution is 0.180. The summed E-state index contributed by atoms with van der Waals surface area (Å²) in [4.78, 5) is 0. The van der Waals surface area contributed by atoms with E-state index in [1.807, 2.05) is 6.92 Å². The van der Waals surface area contributed by atoms with Gasteiger partial charge in [0, 0.05) is 0 Å². The van der Waals surface area contributed by atoms with E-state index in [0.29, 0.717) is 12.8 Å². The summed E-state index contributed by atoms with van der Waals surface area (Å²) < 4.78 is 32.3. The number of hydrogen-bond donors (Lipinski definition) is 2. The lowest BCUT2D eigenvalue weighted by atomic mass is 10.0. The average Bonchev–Trinajstić information content (AvgIpc) is 2.65. The fourth-order valence-electron chi connectivity index (χ4n) is 4.00. The molecule has 0 spiro atoms. The molecular weight excluding hydrogens is 384 g/mol. The Morgan fingerprint density at radius 3 is 1.21 bits per heavy atom. The van der Waals surface area contributed by atoms with Gasteiger partial charge in [0.1, 0.15) is 0 Å². The van der Waals surface area contributed by atoms with Gasteiger partial charge in [-0.1, -0.05) is 116 Å². The first-order valence-electron chi connectivity index (χ1n) is 12.5. The van der Waals surface area contributed by atoms with Crippen molar-refractivity contribution < 1.29 is 18.1 Å². The molecule has 0 saturated carbocycles. The molecular formula is C24H50O4S. The Labute approximate surface area is 182 Å². The van der Waals surface area contributed by atoms with Gasteiger partial charge < -0.3 is 5.11 Å². The predicted octanol–water partition coefficient (Wildman–Crippen LogP) is 7.45. The zero-order chi connectivity index (χ0) is 21.8. The third kappa shape index (κ3) is 20.9. The Balaban J connectivity index is 3.39. The number of rotatable bonds is 22. The highest BCUT2D eigenvalue weighted by Gasteiger charge is 2.21. The molecule has 0 rings (SSSR count). The molecule has 0 aromatic heterocycles. The van der Waals surface area contributed by atoms with Gasteiger partial charge in [0.05, 0.1) is 11.4 Å². The standard InChI is InChI=1S/C24H50O4S/c1-3-4-17-21-24(29(26,27)28)22-19-16-14-12-10-8-6-5-7-9-11-13-15-18-20-23(2)25/h23-25H,3-22H2,1-2H3,(H,26,27,28). The number of aliphatic hydroxyl groups is 1. The van der Waals surface area contributed by atoms with Gasteiger partial charge in [-0.2, -0.15) is 8.42 Å². The van der Waals surface area contributed by atoms with Gasteiger partial charge in [0.2, 0.25) is 0 Å². The Morgan fingerprint density at radius 1 is 0.586 bits per heavy atom. The summed E-state index contributed by atoms with van der Waals surface area (Å²) in [6, 6.07) is 0. The van der Waals surface area contributed by atoms with Gasteiger partial charge in [-0.25, -0.2) is 0 Å². The number of aliphatic hydroxyl groups excluding tert-OH is 1. The van der Waals surface area contributed by atoms with E-state index in [4.69, 9.17) is 0 Å². The minimum atomic E-state index is -3.88. The zero-order valence-electron chi connectivity index (χ0n) is 19.4. The van der Waals surface area contributed by atoms with Crippen LogP contribution in [-0.2, 0) is 10.1 Å². The van der Waals surface area contributed by atoms with E-state index < -0.39 is 15.4 Å². The van der Waals surface area contributed by atoms with Crippen molar-refractivity contribution >= 4 is 10.1 Å². The Morgan fingerprint density at radius 2 is 0.897 bits per heavy atom. The zero-order valence-corrected chi connectivity index (χ0v) is 20.2. The minimum Gasteiger partial charge on any atom is -0.393 e. The van der Waals surface area contributed by atoms with Crippen molar-refractivity contribution in [2.24, 2.45) is 0 Å². The molecule has 0 bridgehead atoms. The maximum absolute atomic E-state index is 11.5. The van der Waals surface area contributed by atoms with Crippen molar-refractivity contribution in [3.05, 3.63) is 0 Å². The summed E-state index contributed by atoms with van der Waals surface area (Å²) in [6.45, 7) is 3.97. The summed E-state index contributed by atoms with van der Waals surface area (Å²) >= 11 is 0.